The molecule has 0 fully saturated rings. The number of hydrazone groups is 1. The number of anilines is 1. The van der Waals surface area contributed by atoms with Crippen molar-refractivity contribution in [2.45, 2.75) is 33.8 Å². The fourth-order valence-corrected chi connectivity index (χ4v) is 3.14. The van der Waals surface area contributed by atoms with Gasteiger partial charge >= 0.3 is 0 Å². The van der Waals surface area contributed by atoms with E-state index in [1.54, 1.807) is 43.5 Å². The Morgan fingerprint density at radius 3 is 2.41 bits per heavy atom. The summed E-state index contributed by atoms with van der Waals surface area (Å²) in [6.45, 7) is 7.72. The van der Waals surface area contributed by atoms with E-state index in [9.17, 15) is 9.59 Å². The van der Waals surface area contributed by atoms with Crippen molar-refractivity contribution in [3.05, 3.63) is 46.4 Å². The van der Waals surface area contributed by atoms with Crippen LogP contribution in [0.2, 0.25) is 0 Å². The number of carbonyl (C=O) groups excluding carboxylic acids is 2. The molecule has 0 heterocycles. The van der Waals surface area contributed by atoms with Gasteiger partial charge in [0.25, 0.3) is 5.91 Å². The monoisotopic (exact) mass is 505 g/mol. The lowest BCUT2D eigenvalue weighted by Crippen LogP contribution is -2.34. The van der Waals surface area contributed by atoms with Crippen LogP contribution < -0.4 is 25.0 Å². The number of hydrogen-bond donors (Lipinski definition) is 2. The number of amides is 2. The maximum atomic E-state index is 12.3. The van der Waals surface area contributed by atoms with Gasteiger partial charge in [-0.1, -0.05) is 0 Å². The zero-order valence-electron chi connectivity index (χ0n) is 18.8. The SMILES string of the molecule is CCOc1cc(C=NNC(=O)C(C)C(=O)Nc2ccc(OC)cc2)cc(Br)c1OC(C)C. The second-order valence-electron chi connectivity index (χ2n) is 7.10. The normalized spacial score (nSPS) is 11.8. The van der Waals surface area contributed by atoms with Crippen molar-refractivity contribution in [2.24, 2.45) is 11.0 Å². The van der Waals surface area contributed by atoms with Crippen molar-refractivity contribution in [2.75, 3.05) is 19.0 Å². The molecule has 0 spiro atoms. The first kappa shape index (κ1) is 25.2. The summed E-state index contributed by atoms with van der Waals surface area (Å²) in [5.74, 6) is -0.0779. The first-order valence-electron chi connectivity index (χ1n) is 10.2. The number of nitrogens with one attached hydrogen (secondary N) is 2. The molecule has 0 aliphatic rings. The fourth-order valence-electron chi connectivity index (χ4n) is 2.59. The summed E-state index contributed by atoms with van der Waals surface area (Å²) in [6, 6.07) is 10.4. The van der Waals surface area contributed by atoms with E-state index in [0.717, 1.165) is 0 Å². The molecule has 8 nitrogen and oxygen atoms in total. The highest BCUT2D eigenvalue weighted by atomic mass is 79.9. The highest BCUT2D eigenvalue weighted by Crippen LogP contribution is 2.37. The number of methoxy groups -OCH3 is 1. The zero-order chi connectivity index (χ0) is 23.7. The summed E-state index contributed by atoms with van der Waals surface area (Å²) in [5.41, 5.74) is 3.65. The number of nitrogens with zero attached hydrogens (tertiary/aromatic N) is 1. The predicted molar refractivity (Wildman–Crippen MR) is 128 cm³/mol. The van der Waals surface area contributed by atoms with Crippen molar-refractivity contribution in [3.63, 3.8) is 0 Å². The Kier molecular flexibility index (Phi) is 9.52. The first-order chi connectivity index (χ1) is 15.2. The van der Waals surface area contributed by atoms with Crippen LogP contribution in [-0.4, -0.2) is 37.8 Å². The van der Waals surface area contributed by atoms with Gasteiger partial charge in [-0.15, -0.1) is 0 Å². The van der Waals surface area contributed by atoms with Crippen LogP contribution in [-0.2, 0) is 9.59 Å². The molecule has 32 heavy (non-hydrogen) atoms. The van der Waals surface area contributed by atoms with Crippen molar-refractivity contribution < 1.29 is 23.8 Å². The van der Waals surface area contributed by atoms with Gasteiger partial charge in [-0.2, -0.15) is 5.10 Å². The Hall–Kier alpha value is -3.07. The smallest absolute Gasteiger partial charge is 0.252 e. The van der Waals surface area contributed by atoms with E-state index >= 15 is 0 Å². The van der Waals surface area contributed by atoms with Crippen LogP contribution in [0.1, 0.15) is 33.3 Å². The number of rotatable bonds is 10. The van der Waals surface area contributed by atoms with E-state index < -0.39 is 17.7 Å². The van der Waals surface area contributed by atoms with E-state index in [0.29, 0.717) is 39.6 Å². The van der Waals surface area contributed by atoms with Crippen LogP contribution in [0.3, 0.4) is 0 Å². The number of carbonyl (C=O) groups is 2. The third kappa shape index (κ3) is 7.26. The minimum atomic E-state index is -0.943. The molecule has 0 aromatic heterocycles. The molecule has 172 valence electrons. The Balaban J connectivity index is 2.01. The Bertz CT molecular complexity index is 961. The largest absolute Gasteiger partial charge is 0.497 e. The second-order valence-corrected chi connectivity index (χ2v) is 7.96. The molecule has 2 aromatic carbocycles. The van der Waals surface area contributed by atoms with E-state index in [-0.39, 0.29) is 6.10 Å². The van der Waals surface area contributed by atoms with Crippen LogP contribution >= 0.6 is 15.9 Å². The van der Waals surface area contributed by atoms with Gasteiger partial charge in [-0.25, -0.2) is 5.43 Å². The van der Waals surface area contributed by atoms with Gasteiger partial charge in [0.05, 0.1) is 30.5 Å². The van der Waals surface area contributed by atoms with Gasteiger partial charge in [0.15, 0.2) is 11.5 Å². The van der Waals surface area contributed by atoms with E-state index in [4.69, 9.17) is 14.2 Å². The molecule has 9 heteroatoms. The van der Waals surface area contributed by atoms with Crippen LogP contribution in [0.15, 0.2) is 46.0 Å². The van der Waals surface area contributed by atoms with Crippen molar-refractivity contribution in [1.29, 1.82) is 0 Å². The lowest BCUT2D eigenvalue weighted by Gasteiger charge is -2.16. The molecule has 0 saturated heterocycles. The highest BCUT2D eigenvalue weighted by Gasteiger charge is 2.21. The molecule has 0 bridgehead atoms. The maximum absolute atomic E-state index is 12.3. The second kappa shape index (κ2) is 12.1. The van der Waals surface area contributed by atoms with Gasteiger partial charge in [0.2, 0.25) is 5.91 Å². The van der Waals surface area contributed by atoms with Crippen LogP contribution in [0.25, 0.3) is 0 Å². The number of hydrogen-bond acceptors (Lipinski definition) is 6. The third-order valence-electron chi connectivity index (χ3n) is 4.22. The van der Waals surface area contributed by atoms with Gasteiger partial charge < -0.3 is 19.5 Å². The molecule has 1 atom stereocenters. The molecule has 0 saturated carbocycles. The van der Waals surface area contributed by atoms with E-state index in [2.05, 4.69) is 31.8 Å². The molecular formula is C23H28BrN3O5. The van der Waals surface area contributed by atoms with E-state index in [1.807, 2.05) is 20.8 Å². The summed E-state index contributed by atoms with van der Waals surface area (Å²) >= 11 is 3.49. The summed E-state index contributed by atoms with van der Waals surface area (Å²) in [5, 5.41) is 6.66. The number of benzene rings is 2. The lowest BCUT2D eigenvalue weighted by atomic mass is 10.1. The minimum Gasteiger partial charge on any atom is -0.497 e. The Labute approximate surface area is 196 Å². The predicted octanol–water partition coefficient (Wildman–Crippen LogP) is 4.37. The molecule has 2 aromatic rings. The minimum absolute atomic E-state index is 0.0186. The summed E-state index contributed by atoms with van der Waals surface area (Å²) in [4.78, 5) is 24.7. The molecule has 0 radical (unpaired) electrons. The number of ether oxygens (including phenoxy) is 3. The Morgan fingerprint density at radius 1 is 1.12 bits per heavy atom. The highest BCUT2D eigenvalue weighted by molar-refractivity contribution is 9.10. The molecule has 1 unspecified atom stereocenters. The average Bonchev–Trinajstić information content (AvgIpc) is 2.76. The van der Waals surface area contributed by atoms with Gasteiger partial charge in [0.1, 0.15) is 11.7 Å². The molecule has 2 amide bonds. The zero-order valence-corrected chi connectivity index (χ0v) is 20.4. The molecular weight excluding hydrogens is 478 g/mol. The summed E-state index contributed by atoms with van der Waals surface area (Å²) < 4.78 is 17.3. The molecule has 2 N–H and O–H groups in total. The third-order valence-corrected chi connectivity index (χ3v) is 4.81. The van der Waals surface area contributed by atoms with Crippen molar-refractivity contribution in [3.8, 4) is 17.2 Å². The Morgan fingerprint density at radius 2 is 1.81 bits per heavy atom. The molecule has 2 rings (SSSR count). The topological polar surface area (TPSA) is 98.2 Å². The van der Waals surface area contributed by atoms with Gasteiger partial charge in [0, 0.05) is 5.69 Å². The van der Waals surface area contributed by atoms with Crippen LogP contribution in [0, 0.1) is 5.92 Å². The molecule has 0 aliphatic carbocycles. The van der Waals surface area contributed by atoms with Crippen molar-refractivity contribution >= 4 is 39.6 Å². The summed E-state index contributed by atoms with van der Waals surface area (Å²) in [6.07, 6.45) is 1.45. The fraction of sp³-hybridized carbons (Fsp3) is 0.348. The molecule has 0 aliphatic heterocycles. The van der Waals surface area contributed by atoms with E-state index in [1.165, 1.54) is 13.1 Å². The number of halogens is 1. The standard InChI is InChI=1S/C23H28BrN3O5/c1-6-31-20-12-16(11-19(24)21(20)32-14(2)3)13-25-27-23(29)15(4)22(28)26-17-7-9-18(30-5)10-8-17/h7-15H,6H2,1-5H3,(H,26,28)(H,27,29). The summed E-state index contributed by atoms with van der Waals surface area (Å²) in [7, 11) is 1.56. The maximum Gasteiger partial charge on any atom is 0.252 e. The lowest BCUT2D eigenvalue weighted by molar-refractivity contribution is -0.131. The van der Waals surface area contributed by atoms with Crippen LogP contribution in [0.5, 0.6) is 17.2 Å². The van der Waals surface area contributed by atoms with Gasteiger partial charge in [-0.05, 0) is 85.6 Å². The average molecular weight is 506 g/mol. The quantitative estimate of drug-likeness (QED) is 0.283. The van der Waals surface area contributed by atoms with Crippen molar-refractivity contribution in [1.82, 2.24) is 5.43 Å². The van der Waals surface area contributed by atoms with Crippen LogP contribution in [0.4, 0.5) is 5.69 Å². The first-order valence-corrected chi connectivity index (χ1v) is 10.9. The van der Waals surface area contributed by atoms with Gasteiger partial charge in [-0.3, -0.25) is 9.59 Å².